The van der Waals surface area contributed by atoms with E-state index in [1.54, 1.807) is 13.0 Å². The maximum absolute atomic E-state index is 12.7. The largest absolute Gasteiger partial charge is 0.459 e. The van der Waals surface area contributed by atoms with Crippen molar-refractivity contribution in [1.29, 1.82) is 0 Å². The zero-order valence-corrected chi connectivity index (χ0v) is 14.0. The van der Waals surface area contributed by atoms with Crippen molar-refractivity contribution in [1.82, 2.24) is 9.88 Å². The molecule has 2 aromatic rings. The number of esters is 1. The number of aryl methyl sites for hydroxylation is 1. The highest BCUT2D eigenvalue weighted by Gasteiger charge is 2.36. The minimum atomic E-state index is -0.642. The molecule has 1 fully saturated rings. The van der Waals surface area contributed by atoms with Gasteiger partial charge in [-0.15, -0.1) is 0 Å². The summed E-state index contributed by atoms with van der Waals surface area (Å²) in [6.07, 6.45) is 1.25. The van der Waals surface area contributed by atoms with Crippen LogP contribution >= 0.6 is 0 Å². The molecule has 1 amide bonds. The maximum atomic E-state index is 12.7. The minimum Gasteiger partial charge on any atom is -0.459 e. The minimum absolute atomic E-state index is 0.0494. The summed E-state index contributed by atoms with van der Waals surface area (Å²) in [7, 11) is 0. The third kappa shape index (κ3) is 3.79. The quantitative estimate of drug-likeness (QED) is 0.864. The van der Waals surface area contributed by atoms with Crippen molar-refractivity contribution in [2.75, 3.05) is 6.54 Å². The van der Waals surface area contributed by atoms with Gasteiger partial charge in [-0.1, -0.05) is 30.3 Å². The van der Waals surface area contributed by atoms with Crippen LogP contribution in [0.5, 0.6) is 0 Å². The second-order valence-electron chi connectivity index (χ2n) is 6.13. The Balaban J connectivity index is 1.70. The summed E-state index contributed by atoms with van der Waals surface area (Å²) in [5, 5.41) is 0. The van der Waals surface area contributed by atoms with Gasteiger partial charge < -0.3 is 14.6 Å². The van der Waals surface area contributed by atoms with E-state index in [2.05, 4.69) is 4.98 Å². The predicted molar refractivity (Wildman–Crippen MR) is 92.1 cm³/mol. The number of aromatic nitrogens is 1. The van der Waals surface area contributed by atoms with Gasteiger partial charge in [0.2, 0.25) is 0 Å². The fourth-order valence-electron chi connectivity index (χ4n) is 2.97. The number of likely N-dealkylation sites (tertiary alicyclic amines) is 1. The van der Waals surface area contributed by atoms with E-state index in [4.69, 9.17) is 4.74 Å². The summed E-state index contributed by atoms with van der Waals surface area (Å²) >= 11 is 0. The fraction of sp³-hybridized carbons (Fsp3) is 0.316. The Kier molecular flexibility index (Phi) is 4.97. The monoisotopic (exact) mass is 340 g/mol. The molecule has 1 aromatic heterocycles. The zero-order valence-electron chi connectivity index (χ0n) is 14.0. The number of amides is 1. The van der Waals surface area contributed by atoms with E-state index in [1.807, 2.05) is 30.3 Å². The van der Waals surface area contributed by atoms with Gasteiger partial charge in [0.25, 0.3) is 11.5 Å². The van der Waals surface area contributed by atoms with Gasteiger partial charge in [-0.05, 0) is 37.5 Å². The number of hydrogen-bond acceptors (Lipinski definition) is 4. The smallest absolute Gasteiger partial charge is 0.329 e. The Morgan fingerprint density at radius 2 is 1.96 bits per heavy atom. The third-order valence-corrected chi connectivity index (χ3v) is 4.30. The van der Waals surface area contributed by atoms with Crippen LogP contribution in [-0.2, 0) is 16.1 Å². The van der Waals surface area contributed by atoms with Crippen LogP contribution in [0.4, 0.5) is 0 Å². The van der Waals surface area contributed by atoms with Crippen LogP contribution in [-0.4, -0.2) is 34.3 Å². The summed E-state index contributed by atoms with van der Waals surface area (Å²) in [5.74, 6) is -0.862. The zero-order chi connectivity index (χ0) is 17.8. The molecule has 1 aliphatic heterocycles. The van der Waals surface area contributed by atoms with Gasteiger partial charge >= 0.3 is 5.97 Å². The van der Waals surface area contributed by atoms with E-state index in [0.29, 0.717) is 25.1 Å². The van der Waals surface area contributed by atoms with Gasteiger partial charge in [0.05, 0.1) is 0 Å². The molecule has 1 saturated heterocycles. The van der Waals surface area contributed by atoms with E-state index in [9.17, 15) is 14.4 Å². The Bertz CT molecular complexity index is 829. The van der Waals surface area contributed by atoms with E-state index in [1.165, 1.54) is 11.0 Å². The molecule has 0 spiro atoms. The van der Waals surface area contributed by atoms with Gasteiger partial charge in [-0.2, -0.15) is 0 Å². The highest BCUT2D eigenvalue weighted by Crippen LogP contribution is 2.21. The van der Waals surface area contributed by atoms with Gasteiger partial charge in [-0.3, -0.25) is 9.59 Å². The number of nitrogens with one attached hydrogen (secondary N) is 1. The van der Waals surface area contributed by atoms with Crippen LogP contribution in [0.1, 0.15) is 34.5 Å². The van der Waals surface area contributed by atoms with Crippen LogP contribution in [0.2, 0.25) is 0 Å². The Morgan fingerprint density at radius 3 is 2.68 bits per heavy atom. The van der Waals surface area contributed by atoms with E-state index in [-0.39, 0.29) is 12.2 Å². The van der Waals surface area contributed by atoms with Crippen molar-refractivity contribution in [2.24, 2.45) is 0 Å². The lowest BCUT2D eigenvalue weighted by Crippen LogP contribution is -2.43. The lowest BCUT2D eigenvalue weighted by atomic mass is 10.2. The van der Waals surface area contributed by atoms with Crippen molar-refractivity contribution < 1.29 is 14.3 Å². The Morgan fingerprint density at radius 1 is 1.20 bits per heavy atom. The second kappa shape index (κ2) is 7.34. The highest BCUT2D eigenvalue weighted by molar-refractivity contribution is 5.96. The first-order valence-electron chi connectivity index (χ1n) is 8.28. The predicted octanol–water partition coefficient (Wildman–Crippen LogP) is 2.03. The second-order valence-corrected chi connectivity index (χ2v) is 6.13. The first-order valence-corrected chi connectivity index (χ1v) is 8.28. The Hall–Kier alpha value is -2.89. The molecule has 2 heterocycles. The molecule has 1 unspecified atom stereocenters. The van der Waals surface area contributed by atoms with Crippen molar-refractivity contribution in [3.63, 3.8) is 0 Å². The summed E-state index contributed by atoms with van der Waals surface area (Å²) in [6.45, 7) is 2.36. The molecule has 0 bridgehead atoms. The molecule has 6 heteroatoms. The molecule has 1 N–H and O–H groups in total. The topological polar surface area (TPSA) is 79.5 Å². The highest BCUT2D eigenvalue weighted by atomic mass is 16.5. The Labute approximate surface area is 145 Å². The van der Waals surface area contributed by atoms with E-state index >= 15 is 0 Å². The van der Waals surface area contributed by atoms with Gasteiger partial charge in [0, 0.05) is 12.2 Å². The molecule has 130 valence electrons. The molecular formula is C19H20N2O4. The molecule has 0 aliphatic carbocycles. The van der Waals surface area contributed by atoms with Crippen LogP contribution in [0, 0.1) is 6.92 Å². The number of ether oxygens (including phenoxy) is 1. The molecular weight excluding hydrogens is 320 g/mol. The van der Waals surface area contributed by atoms with E-state index in [0.717, 1.165) is 5.56 Å². The average molecular weight is 340 g/mol. The first-order chi connectivity index (χ1) is 12.1. The lowest BCUT2D eigenvalue weighted by molar-refractivity contribution is -0.149. The standard InChI is InChI=1S/C19H20N2O4/c1-13-9-10-15(17(22)20-13)18(23)21-11-5-8-16(21)19(24)25-12-14-6-3-2-4-7-14/h2-4,6-7,9-10,16H,5,8,11-12H2,1H3,(H,20,22). The van der Waals surface area contributed by atoms with Crippen molar-refractivity contribution in [3.05, 3.63) is 69.6 Å². The van der Waals surface area contributed by atoms with Crippen molar-refractivity contribution >= 4 is 11.9 Å². The average Bonchev–Trinajstić information content (AvgIpc) is 3.10. The maximum Gasteiger partial charge on any atom is 0.329 e. The number of H-pyrrole nitrogens is 1. The number of benzene rings is 1. The van der Waals surface area contributed by atoms with Gasteiger partial charge in [-0.25, -0.2) is 4.79 Å². The summed E-state index contributed by atoms with van der Waals surface area (Å²) in [5.41, 5.74) is 1.19. The van der Waals surface area contributed by atoms with E-state index < -0.39 is 23.5 Å². The number of rotatable bonds is 4. The van der Waals surface area contributed by atoms with Crippen LogP contribution < -0.4 is 5.56 Å². The molecule has 3 rings (SSSR count). The normalized spacial score (nSPS) is 16.7. The van der Waals surface area contributed by atoms with Gasteiger partial charge in [0.15, 0.2) is 0 Å². The summed E-state index contributed by atoms with van der Waals surface area (Å²) in [4.78, 5) is 41.1. The fourth-order valence-corrected chi connectivity index (χ4v) is 2.97. The first kappa shape index (κ1) is 17.0. The SMILES string of the molecule is Cc1ccc(C(=O)N2CCCC2C(=O)OCc2ccccc2)c(=O)[nH]1. The molecule has 25 heavy (non-hydrogen) atoms. The molecule has 1 aliphatic rings. The number of aromatic amines is 1. The summed E-state index contributed by atoms with van der Waals surface area (Å²) in [6, 6.07) is 11.9. The van der Waals surface area contributed by atoms with Crippen molar-refractivity contribution in [2.45, 2.75) is 32.4 Å². The lowest BCUT2D eigenvalue weighted by Gasteiger charge is -2.23. The summed E-state index contributed by atoms with van der Waals surface area (Å²) < 4.78 is 5.36. The van der Waals surface area contributed by atoms with Crippen LogP contribution in [0.15, 0.2) is 47.3 Å². The number of carbonyl (C=O) groups excluding carboxylic acids is 2. The number of pyridine rings is 1. The number of carbonyl (C=O) groups is 2. The molecule has 1 atom stereocenters. The van der Waals surface area contributed by atoms with Gasteiger partial charge in [0.1, 0.15) is 18.2 Å². The third-order valence-electron chi connectivity index (χ3n) is 4.30. The molecule has 1 aromatic carbocycles. The molecule has 0 radical (unpaired) electrons. The van der Waals surface area contributed by atoms with Crippen LogP contribution in [0.25, 0.3) is 0 Å². The molecule has 0 saturated carbocycles. The van der Waals surface area contributed by atoms with Crippen molar-refractivity contribution in [3.8, 4) is 0 Å². The number of nitrogens with zero attached hydrogens (tertiary/aromatic N) is 1. The molecule has 6 nitrogen and oxygen atoms in total. The number of hydrogen-bond donors (Lipinski definition) is 1. The van der Waals surface area contributed by atoms with Crippen LogP contribution in [0.3, 0.4) is 0 Å².